The van der Waals surface area contributed by atoms with Crippen LogP contribution in [0.15, 0.2) is 4.52 Å². The van der Waals surface area contributed by atoms with E-state index in [1.54, 1.807) is 0 Å². The van der Waals surface area contributed by atoms with Crippen LogP contribution in [0.3, 0.4) is 0 Å². The van der Waals surface area contributed by atoms with E-state index in [1.807, 2.05) is 13.8 Å². The van der Waals surface area contributed by atoms with Gasteiger partial charge < -0.3 is 15.2 Å². The number of carbonyl (C=O) groups excluding carboxylic acids is 2. The van der Waals surface area contributed by atoms with Gasteiger partial charge in [0.25, 0.3) is 0 Å². The number of hydrogen-bond acceptors (Lipinski definition) is 5. The Morgan fingerprint density at radius 2 is 1.70 bits per heavy atom. The second-order valence-electron chi connectivity index (χ2n) is 10.9. The fraction of sp³-hybridized carbons (Fsp3) is 0.826. The van der Waals surface area contributed by atoms with Crippen molar-refractivity contribution in [2.75, 3.05) is 6.54 Å². The van der Waals surface area contributed by atoms with Crippen molar-refractivity contribution < 1.29 is 14.1 Å². The summed E-state index contributed by atoms with van der Waals surface area (Å²) in [5.74, 6) is 4.02. The number of nitrogens with one attached hydrogen (secondary N) is 2. The molecule has 30 heavy (non-hydrogen) atoms. The van der Waals surface area contributed by atoms with E-state index in [0.29, 0.717) is 18.2 Å². The van der Waals surface area contributed by atoms with Crippen LogP contribution in [0.5, 0.6) is 0 Å². The van der Waals surface area contributed by atoms with Crippen LogP contribution in [0, 0.1) is 29.1 Å². The SMILES string of the molecule is CC(C)C(NC(=O)CNC(=O)CC12CC3CC(CC(C3)C1)C2)c1nc(C2CC2)no1. The molecule has 0 radical (unpaired) electrons. The predicted octanol–water partition coefficient (Wildman–Crippen LogP) is 3.48. The van der Waals surface area contributed by atoms with E-state index < -0.39 is 0 Å². The number of carbonyl (C=O) groups is 2. The van der Waals surface area contributed by atoms with Gasteiger partial charge in [-0.15, -0.1) is 0 Å². The molecule has 5 saturated carbocycles. The Kier molecular flexibility index (Phi) is 5.10. The van der Waals surface area contributed by atoms with Gasteiger partial charge in [-0.1, -0.05) is 19.0 Å². The summed E-state index contributed by atoms with van der Waals surface area (Å²) in [5.41, 5.74) is 0.193. The topological polar surface area (TPSA) is 97.1 Å². The van der Waals surface area contributed by atoms with Gasteiger partial charge in [0.1, 0.15) is 6.04 Å². The number of amides is 2. The van der Waals surface area contributed by atoms with Crippen molar-refractivity contribution in [3.05, 3.63) is 11.7 Å². The van der Waals surface area contributed by atoms with Crippen molar-refractivity contribution in [3.63, 3.8) is 0 Å². The van der Waals surface area contributed by atoms with Gasteiger partial charge >= 0.3 is 0 Å². The summed E-state index contributed by atoms with van der Waals surface area (Å²) in [6.07, 6.45) is 10.5. The Hall–Kier alpha value is -1.92. The van der Waals surface area contributed by atoms with E-state index in [-0.39, 0.29) is 35.7 Å². The highest BCUT2D eigenvalue weighted by Crippen LogP contribution is 2.61. The number of nitrogens with zero attached hydrogens (tertiary/aromatic N) is 2. The molecule has 5 aliphatic carbocycles. The Morgan fingerprint density at radius 3 is 2.27 bits per heavy atom. The molecule has 1 heterocycles. The maximum Gasteiger partial charge on any atom is 0.249 e. The summed E-state index contributed by atoms with van der Waals surface area (Å²) in [6.45, 7) is 4.02. The molecule has 164 valence electrons. The fourth-order valence-electron chi connectivity index (χ4n) is 6.71. The molecule has 0 spiro atoms. The second kappa shape index (κ2) is 7.65. The van der Waals surface area contributed by atoms with Gasteiger partial charge in [0.15, 0.2) is 5.82 Å². The molecule has 5 fully saturated rings. The van der Waals surface area contributed by atoms with Crippen molar-refractivity contribution >= 4 is 11.8 Å². The highest BCUT2D eigenvalue weighted by atomic mass is 16.5. The van der Waals surface area contributed by atoms with Crippen LogP contribution in [0.1, 0.15) is 95.3 Å². The molecule has 2 amide bonds. The van der Waals surface area contributed by atoms with Gasteiger partial charge in [-0.2, -0.15) is 4.98 Å². The molecule has 5 aliphatic rings. The Morgan fingerprint density at radius 1 is 1.07 bits per heavy atom. The van der Waals surface area contributed by atoms with E-state index in [1.165, 1.54) is 38.5 Å². The molecule has 1 atom stereocenters. The lowest BCUT2D eigenvalue weighted by Crippen LogP contribution is -2.48. The quantitative estimate of drug-likeness (QED) is 0.679. The first-order valence-electron chi connectivity index (χ1n) is 11.8. The molecule has 2 N–H and O–H groups in total. The van der Waals surface area contributed by atoms with Crippen LogP contribution in [0.4, 0.5) is 0 Å². The van der Waals surface area contributed by atoms with Crippen molar-refractivity contribution in [2.45, 2.75) is 83.6 Å². The third kappa shape index (κ3) is 4.12. The van der Waals surface area contributed by atoms with Crippen LogP contribution in [-0.2, 0) is 9.59 Å². The Labute approximate surface area is 178 Å². The molecule has 1 unspecified atom stereocenters. The van der Waals surface area contributed by atoms with E-state index in [2.05, 4.69) is 20.8 Å². The number of rotatable bonds is 8. The minimum absolute atomic E-state index is 0.00195. The van der Waals surface area contributed by atoms with E-state index >= 15 is 0 Å². The Bertz CT molecular complexity index is 778. The van der Waals surface area contributed by atoms with Gasteiger partial charge in [0.2, 0.25) is 17.7 Å². The maximum absolute atomic E-state index is 12.7. The van der Waals surface area contributed by atoms with E-state index in [4.69, 9.17) is 4.52 Å². The first-order valence-corrected chi connectivity index (χ1v) is 11.8. The number of hydrogen-bond donors (Lipinski definition) is 2. The standard InChI is InChI=1S/C23H34N4O3/c1-13(2)20(22-26-21(27-30-22)17-3-4-17)25-19(29)12-24-18(28)11-23-8-14-5-15(9-23)7-16(6-14)10-23/h13-17,20H,3-12H2,1-2H3,(H,24,28)(H,25,29). The number of aromatic nitrogens is 2. The van der Waals surface area contributed by atoms with Gasteiger partial charge in [0, 0.05) is 12.3 Å². The first-order chi connectivity index (χ1) is 14.4. The largest absolute Gasteiger partial charge is 0.347 e. The summed E-state index contributed by atoms with van der Waals surface area (Å²) < 4.78 is 5.41. The molecule has 7 nitrogen and oxygen atoms in total. The highest BCUT2D eigenvalue weighted by Gasteiger charge is 2.51. The summed E-state index contributed by atoms with van der Waals surface area (Å²) in [5, 5.41) is 9.90. The van der Waals surface area contributed by atoms with Gasteiger partial charge in [-0.25, -0.2) is 0 Å². The zero-order valence-electron chi connectivity index (χ0n) is 18.2. The van der Waals surface area contributed by atoms with Crippen LogP contribution in [-0.4, -0.2) is 28.5 Å². The zero-order chi connectivity index (χ0) is 20.9. The van der Waals surface area contributed by atoms with Gasteiger partial charge in [-0.3, -0.25) is 9.59 Å². The fourth-order valence-corrected chi connectivity index (χ4v) is 6.71. The van der Waals surface area contributed by atoms with Crippen LogP contribution >= 0.6 is 0 Å². The van der Waals surface area contributed by atoms with Gasteiger partial charge in [-0.05, 0) is 80.5 Å². The Balaban J connectivity index is 1.13. The van der Waals surface area contributed by atoms with Crippen molar-refractivity contribution in [3.8, 4) is 0 Å². The first kappa shape index (κ1) is 20.0. The molecule has 0 aromatic carbocycles. The second-order valence-corrected chi connectivity index (χ2v) is 10.9. The third-order valence-electron chi connectivity index (χ3n) is 7.80. The summed E-state index contributed by atoms with van der Waals surface area (Å²) in [6, 6.07) is -0.336. The lowest BCUT2D eigenvalue weighted by atomic mass is 9.49. The predicted molar refractivity (Wildman–Crippen MR) is 110 cm³/mol. The zero-order valence-corrected chi connectivity index (χ0v) is 18.2. The van der Waals surface area contributed by atoms with Gasteiger partial charge in [0.05, 0.1) is 6.54 Å². The smallest absolute Gasteiger partial charge is 0.249 e. The highest BCUT2D eigenvalue weighted by molar-refractivity contribution is 5.85. The maximum atomic E-state index is 12.7. The van der Waals surface area contributed by atoms with E-state index in [9.17, 15) is 9.59 Å². The lowest BCUT2D eigenvalue weighted by molar-refractivity contribution is -0.132. The normalized spacial score (nSPS) is 33.0. The van der Waals surface area contributed by atoms with Crippen molar-refractivity contribution in [1.82, 2.24) is 20.8 Å². The average molecular weight is 415 g/mol. The molecular weight excluding hydrogens is 380 g/mol. The van der Waals surface area contributed by atoms with Crippen molar-refractivity contribution in [1.29, 1.82) is 0 Å². The minimum Gasteiger partial charge on any atom is -0.347 e. The van der Waals surface area contributed by atoms with E-state index in [0.717, 1.165) is 36.4 Å². The molecule has 4 bridgehead atoms. The molecule has 6 rings (SSSR count). The van der Waals surface area contributed by atoms with Crippen LogP contribution in [0.25, 0.3) is 0 Å². The molecule has 1 aromatic heterocycles. The molecule has 7 heteroatoms. The lowest BCUT2D eigenvalue weighted by Gasteiger charge is -2.56. The monoisotopic (exact) mass is 414 g/mol. The molecule has 0 aliphatic heterocycles. The summed E-state index contributed by atoms with van der Waals surface area (Å²) >= 11 is 0. The van der Waals surface area contributed by atoms with Crippen LogP contribution in [0.2, 0.25) is 0 Å². The molecule has 0 saturated heterocycles. The van der Waals surface area contributed by atoms with Crippen LogP contribution < -0.4 is 10.6 Å². The molecule has 1 aromatic rings. The van der Waals surface area contributed by atoms with Crippen molar-refractivity contribution in [2.24, 2.45) is 29.1 Å². The summed E-state index contributed by atoms with van der Waals surface area (Å²) in [7, 11) is 0. The third-order valence-corrected chi connectivity index (χ3v) is 7.80. The minimum atomic E-state index is -0.336. The average Bonchev–Trinajstić information content (AvgIpc) is 3.40. The summed E-state index contributed by atoms with van der Waals surface area (Å²) in [4.78, 5) is 29.7. The molecular formula is C23H34N4O3.